The van der Waals surface area contributed by atoms with Crippen molar-refractivity contribution in [2.24, 2.45) is 5.92 Å². The van der Waals surface area contributed by atoms with Crippen LogP contribution in [0.25, 0.3) is 0 Å². The van der Waals surface area contributed by atoms with Gasteiger partial charge in [0.15, 0.2) is 0 Å². The summed E-state index contributed by atoms with van der Waals surface area (Å²) in [5.74, 6) is 1.38. The summed E-state index contributed by atoms with van der Waals surface area (Å²) in [5.41, 5.74) is 0.568. The Hall–Kier alpha value is -1.55. The van der Waals surface area contributed by atoms with Crippen molar-refractivity contribution in [2.45, 2.75) is 32.6 Å². The highest BCUT2D eigenvalue weighted by molar-refractivity contribution is 5.89. The maximum Gasteiger partial charge on any atom is 0.338 e. The van der Waals surface area contributed by atoms with Crippen LogP contribution in [0.3, 0.4) is 0 Å². The third kappa shape index (κ3) is 5.38. The molecule has 0 aromatic heterocycles. The molecule has 0 radical (unpaired) electrons. The summed E-state index contributed by atoms with van der Waals surface area (Å²) < 4.78 is 10.7. The summed E-state index contributed by atoms with van der Waals surface area (Å²) in [5, 5.41) is 3.39. The molecule has 4 nitrogen and oxygen atoms in total. The zero-order valence-corrected chi connectivity index (χ0v) is 12.8. The van der Waals surface area contributed by atoms with Crippen molar-refractivity contribution < 1.29 is 14.3 Å². The van der Waals surface area contributed by atoms with Gasteiger partial charge < -0.3 is 14.8 Å². The normalized spacial score (nSPS) is 15.7. The van der Waals surface area contributed by atoms with Crippen LogP contribution >= 0.6 is 0 Å². The molecule has 0 spiro atoms. The lowest BCUT2D eigenvalue weighted by molar-refractivity contribution is 0.0526. The second-order valence-corrected chi connectivity index (χ2v) is 5.43. The Labute approximate surface area is 126 Å². The van der Waals surface area contributed by atoms with Gasteiger partial charge in [0.05, 0.1) is 18.8 Å². The van der Waals surface area contributed by atoms with Gasteiger partial charge in [0.25, 0.3) is 0 Å². The molecule has 1 aliphatic rings. The van der Waals surface area contributed by atoms with Gasteiger partial charge in [-0.05, 0) is 75.9 Å². The average Bonchev–Trinajstić information content (AvgIpc) is 2.53. The van der Waals surface area contributed by atoms with E-state index >= 15 is 0 Å². The number of esters is 1. The zero-order chi connectivity index (χ0) is 14.9. The highest BCUT2D eigenvalue weighted by Crippen LogP contribution is 2.18. The molecule has 4 heteroatoms. The number of hydrogen-bond donors (Lipinski definition) is 1. The van der Waals surface area contributed by atoms with E-state index in [2.05, 4.69) is 5.32 Å². The molecule has 0 bridgehead atoms. The lowest BCUT2D eigenvalue weighted by Gasteiger charge is -2.22. The van der Waals surface area contributed by atoms with Crippen LogP contribution in [0.15, 0.2) is 24.3 Å². The Balaban J connectivity index is 1.67. The average molecular weight is 291 g/mol. The number of carbonyl (C=O) groups excluding carboxylic acids is 1. The number of rotatable bonds is 7. The van der Waals surface area contributed by atoms with Gasteiger partial charge in [-0.3, -0.25) is 0 Å². The van der Waals surface area contributed by atoms with Crippen LogP contribution in [-0.4, -0.2) is 32.3 Å². The van der Waals surface area contributed by atoms with Gasteiger partial charge >= 0.3 is 5.97 Å². The maximum atomic E-state index is 11.5. The van der Waals surface area contributed by atoms with Crippen molar-refractivity contribution in [1.29, 1.82) is 0 Å². The monoisotopic (exact) mass is 291 g/mol. The summed E-state index contributed by atoms with van der Waals surface area (Å²) in [6.45, 7) is 5.25. The van der Waals surface area contributed by atoms with E-state index in [0.717, 1.165) is 37.8 Å². The van der Waals surface area contributed by atoms with Crippen molar-refractivity contribution in [3.63, 3.8) is 0 Å². The van der Waals surface area contributed by atoms with Crippen molar-refractivity contribution >= 4 is 5.97 Å². The summed E-state index contributed by atoms with van der Waals surface area (Å²) in [7, 11) is 0. The lowest BCUT2D eigenvalue weighted by atomic mass is 9.93. The molecule has 1 aliphatic heterocycles. The van der Waals surface area contributed by atoms with Gasteiger partial charge in [0.1, 0.15) is 5.75 Å². The molecule has 1 N–H and O–H groups in total. The first-order valence-electron chi connectivity index (χ1n) is 7.90. The minimum absolute atomic E-state index is 0.282. The molecule has 1 heterocycles. The van der Waals surface area contributed by atoms with Crippen LogP contribution in [0.4, 0.5) is 0 Å². The Bertz CT molecular complexity index is 424. The van der Waals surface area contributed by atoms with Gasteiger partial charge in [-0.25, -0.2) is 4.79 Å². The van der Waals surface area contributed by atoms with Crippen LogP contribution in [0.1, 0.15) is 43.0 Å². The minimum atomic E-state index is -0.282. The molecule has 0 saturated carbocycles. The Morgan fingerprint density at radius 1 is 1.24 bits per heavy atom. The van der Waals surface area contributed by atoms with E-state index < -0.39 is 0 Å². The fourth-order valence-electron chi connectivity index (χ4n) is 2.63. The number of ether oxygens (including phenoxy) is 2. The van der Waals surface area contributed by atoms with Crippen molar-refractivity contribution in [2.75, 3.05) is 26.3 Å². The Morgan fingerprint density at radius 3 is 2.62 bits per heavy atom. The fourth-order valence-corrected chi connectivity index (χ4v) is 2.63. The molecular weight excluding hydrogens is 266 g/mol. The van der Waals surface area contributed by atoms with Gasteiger partial charge in [-0.2, -0.15) is 0 Å². The second-order valence-electron chi connectivity index (χ2n) is 5.43. The van der Waals surface area contributed by atoms with Gasteiger partial charge in [-0.15, -0.1) is 0 Å². The quantitative estimate of drug-likeness (QED) is 0.619. The van der Waals surface area contributed by atoms with E-state index in [4.69, 9.17) is 9.47 Å². The molecule has 1 aromatic carbocycles. The molecule has 1 aromatic rings. The van der Waals surface area contributed by atoms with Crippen molar-refractivity contribution in [3.05, 3.63) is 29.8 Å². The van der Waals surface area contributed by atoms with E-state index in [1.165, 1.54) is 19.3 Å². The summed E-state index contributed by atoms with van der Waals surface area (Å²) in [6.07, 6.45) is 4.90. The standard InChI is InChI=1S/C17H25NO3/c1-2-20-17(19)15-5-7-16(8-6-15)21-13-3-4-14-9-11-18-12-10-14/h5-8,14,18H,2-4,9-13H2,1H3. The Kier molecular flexibility index (Phi) is 6.54. The highest BCUT2D eigenvalue weighted by atomic mass is 16.5. The predicted molar refractivity (Wildman–Crippen MR) is 82.7 cm³/mol. The van der Waals surface area contributed by atoms with Crippen LogP contribution in [0.5, 0.6) is 5.75 Å². The first kappa shape index (κ1) is 15.8. The number of carbonyl (C=O) groups is 1. The summed E-state index contributed by atoms with van der Waals surface area (Å²) >= 11 is 0. The van der Waals surface area contributed by atoms with Gasteiger partial charge in [-0.1, -0.05) is 0 Å². The fraction of sp³-hybridized carbons (Fsp3) is 0.588. The third-order valence-corrected chi connectivity index (χ3v) is 3.85. The van der Waals surface area contributed by atoms with Gasteiger partial charge in [0, 0.05) is 0 Å². The molecule has 116 valence electrons. The number of piperidine rings is 1. The summed E-state index contributed by atoms with van der Waals surface area (Å²) in [6, 6.07) is 7.16. The zero-order valence-electron chi connectivity index (χ0n) is 12.8. The first-order chi connectivity index (χ1) is 10.3. The van der Waals surface area contributed by atoms with E-state index in [1.54, 1.807) is 19.1 Å². The first-order valence-corrected chi connectivity index (χ1v) is 7.90. The smallest absolute Gasteiger partial charge is 0.338 e. The number of nitrogens with one attached hydrogen (secondary N) is 1. The van der Waals surface area contributed by atoms with E-state index in [9.17, 15) is 4.79 Å². The Morgan fingerprint density at radius 2 is 1.95 bits per heavy atom. The van der Waals surface area contributed by atoms with Crippen LogP contribution in [-0.2, 0) is 4.74 Å². The number of benzene rings is 1. The van der Waals surface area contributed by atoms with Crippen molar-refractivity contribution in [1.82, 2.24) is 5.32 Å². The van der Waals surface area contributed by atoms with E-state index in [0.29, 0.717) is 12.2 Å². The molecule has 0 aliphatic carbocycles. The molecule has 21 heavy (non-hydrogen) atoms. The van der Waals surface area contributed by atoms with Crippen LogP contribution in [0.2, 0.25) is 0 Å². The molecule has 0 atom stereocenters. The molecule has 2 rings (SSSR count). The van der Waals surface area contributed by atoms with E-state index in [1.807, 2.05) is 12.1 Å². The largest absolute Gasteiger partial charge is 0.494 e. The minimum Gasteiger partial charge on any atom is -0.494 e. The molecule has 1 fully saturated rings. The second kappa shape index (κ2) is 8.67. The molecule has 1 saturated heterocycles. The van der Waals surface area contributed by atoms with Gasteiger partial charge in [0.2, 0.25) is 0 Å². The predicted octanol–water partition coefficient (Wildman–Crippen LogP) is 3.02. The summed E-state index contributed by atoms with van der Waals surface area (Å²) in [4.78, 5) is 11.5. The van der Waals surface area contributed by atoms with Crippen molar-refractivity contribution in [3.8, 4) is 5.75 Å². The SMILES string of the molecule is CCOC(=O)c1ccc(OCCCC2CCNCC2)cc1. The third-order valence-electron chi connectivity index (χ3n) is 3.85. The maximum absolute atomic E-state index is 11.5. The highest BCUT2D eigenvalue weighted by Gasteiger charge is 2.12. The molecule has 0 unspecified atom stereocenters. The topological polar surface area (TPSA) is 47.6 Å². The van der Waals surface area contributed by atoms with E-state index in [-0.39, 0.29) is 5.97 Å². The van der Waals surface area contributed by atoms with Crippen LogP contribution in [0, 0.1) is 5.92 Å². The van der Waals surface area contributed by atoms with Crippen LogP contribution < -0.4 is 10.1 Å². The lowest BCUT2D eigenvalue weighted by Crippen LogP contribution is -2.27. The molecular formula is C17H25NO3. The molecule has 0 amide bonds. The number of hydrogen-bond acceptors (Lipinski definition) is 4.